The minimum Gasteiger partial charge on any atom is -0.480 e. The number of amides is 1. The summed E-state index contributed by atoms with van der Waals surface area (Å²) in [7, 11) is 0. The molecule has 0 spiro atoms. The van der Waals surface area contributed by atoms with E-state index in [1.165, 1.54) is 17.0 Å². The van der Waals surface area contributed by atoms with Crippen molar-refractivity contribution in [2.24, 2.45) is 0 Å². The van der Waals surface area contributed by atoms with E-state index < -0.39 is 17.7 Å². The Bertz CT molecular complexity index is 526. The van der Waals surface area contributed by atoms with Gasteiger partial charge in [0.25, 0.3) is 0 Å². The lowest BCUT2D eigenvalue weighted by atomic mass is 9.96. The summed E-state index contributed by atoms with van der Waals surface area (Å²) < 4.78 is 37.5. The van der Waals surface area contributed by atoms with Crippen LogP contribution >= 0.6 is 0 Å². The summed E-state index contributed by atoms with van der Waals surface area (Å²) in [5.41, 5.74) is -0.136. The second kappa shape index (κ2) is 7.29. The molecule has 1 amide bonds. The molecule has 0 radical (unpaired) electrons. The minimum atomic E-state index is -4.39. The molecule has 1 unspecified atom stereocenters. The van der Waals surface area contributed by atoms with Crippen molar-refractivity contribution in [3.8, 4) is 0 Å². The summed E-state index contributed by atoms with van der Waals surface area (Å²) in [4.78, 5) is 23.9. The van der Waals surface area contributed by atoms with E-state index in [1.54, 1.807) is 13.8 Å². The molecule has 1 N–H and O–H groups in total. The molecule has 1 rings (SSSR count). The van der Waals surface area contributed by atoms with Gasteiger partial charge in [-0.05, 0) is 30.5 Å². The average molecular weight is 317 g/mol. The summed E-state index contributed by atoms with van der Waals surface area (Å²) in [6, 6.07) is 4.64. The minimum absolute atomic E-state index is 0.0481. The maximum absolute atomic E-state index is 12.5. The lowest BCUT2D eigenvalue weighted by molar-refractivity contribution is -0.144. The second-order valence-electron chi connectivity index (χ2n) is 5.03. The van der Waals surface area contributed by atoms with Crippen LogP contribution in [-0.4, -0.2) is 35.0 Å². The monoisotopic (exact) mass is 317 g/mol. The largest absolute Gasteiger partial charge is 0.480 e. The molecular formula is C15H18F3NO3. The zero-order chi connectivity index (χ0) is 16.9. The molecule has 122 valence electrons. The molecule has 22 heavy (non-hydrogen) atoms. The standard InChI is InChI=1S/C15H18F3NO3/c1-3-19(9-14(21)22)13(20)8-10(2)11-4-6-12(7-5-11)15(16,17)18/h4-7,10H,3,8-9H2,1-2H3,(H,21,22). The highest BCUT2D eigenvalue weighted by atomic mass is 19.4. The Morgan fingerprint density at radius 3 is 2.18 bits per heavy atom. The zero-order valence-corrected chi connectivity index (χ0v) is 12.4. The van der Waals surface area contributed by atoms with Gasteiger partial charge in [0.1, 0.15) is 6.54 Å². The quantitative estimate of drug-likeness (QED) is 0.877. The van der Waals surface area contributed by atoms with Crippen molar-refractivity contribution >= 4 is 11.9 Å². The Morgan fingerprint density at radius 1 is 1.23 bits per heavy atom. The molecule has 0 bridgehead atoms. The van der Waals surface area contributed by atoms with E-state index in [-0.39, 0.29) is 31.3 Å². The third-order valence-electron chi connectivity index (χ3n) is 3.35. The van der Waals surface area contributed by atoms with Crippen molar-refractivity contribution in [1.82, 2.24) is 4.90 Å². The van der Waals surface area contributed by atoms with Crippen molar-refractivity contribution in [3.05, 3.63) is 35.4 Å². The Morgan fingerprint density at radius 2 is 1.77 bits per heavy atom. The van der Waals surface area contributed by atoms with Gasteiger partial charge in [0, 0.05) is 13.0 Å². The number of likely N-dealkylation sites (N-methyl/N-ethyl adjacent to an activating group) is 1. The van der Waals surface area contributed by atoms with E-state index in [9.17, 15) is 22.8 Å². The fourth-order valence-electron chi connectivity index (χ4n) is 2.05. The van der Waals surface area contributed by atoms with Crippen LogP contribution in [-0.2, 0) is 15.8 Å². The molecule has 1 aromatic carbocycles. The van der Waals surface area contributed by atoms with E-state index in [2.05, 4.69) is 0 Å². The van der Waals surface area contributed by atoms with Gasteiger partial charge in [-0.3, -0.25) is 9.59 Å². The van der Waals surface area contributed by atoms with Crippen LogP contribution in [0.1, 0.15) is 37.3 Å². The van der Waals surface area contributed by atoms with E-state index in [4.69, 9.17) is 5.11 Å². The van der Waals surface area contributed by atoms with Gasteiger partial charge in [0.15, 0.2) is 0 Å². The van der Waals surface area contributed by atoms with Crippen LogP contribution in [0.25, 0.3) is 0 Å². The molecule has 1 atom stereocenters. The number of carboxylic acids is 1. The SMILES string of the molecule is CCN(CC(=O)O)C(=O)CC(C)c1ccc(C(F)(F)F)cc1. The number of aliphatic carboxylic acids is 1. The third kappa shape index (κ3) is 5.05. The predicted octanol–water partition coefficient (Wildman–Crippen LogP) is 3.13. The molecule has 4 nitrogen and oxygen atoms in total. The van der Waals surface area contributed by atoms with Gasteiger partial charge >= 0.3 is 12.1 Å². The third-order valence-corrected chi connectivity index (χ3v) is 3.35. The lowest BCUT2D eigenvalue weighted by Gasteiger charge is -2.21. The predicted molar refractivity (Wildman–Crippen MR) is 74.4 cm³/mol. The molecule has 0 aliphatic rings. The number of nitrogens with zero attached hydrogens (tertiary/aromatic N) is 1. The Kier molecular flexibility index (Phi) is 5.96. The number of rotatable bonds is 6. The van der Waals surface area contributed by atoms with E-state index in [0.717, 1.165) is 12.1 Å². The first-order valence-electron chi connectivity index (χ1n) is 6.81. The maximum Gasteiger partial charge on any atom is 0.416 e. The summed E-state index contributed by atoms with van der Waals surface area (Å²) in [6.45, 7) is 3.28. The molecule has 0 saturated carbocycles. The molecule has 7 heteroatoms. The number of carbonyl (C=O) groups excluding carboxylic acids is 1. The summed E-state index contributed by atoms with van der Waals surface area (Å²) in [5.74, 6) is -1.73. The molecule has 0 saturated heterocycles. The molecule has 0 aromatic heterocycles. The fraction of sp³-hybridized carbons (Fsp3) is 0.467. The van der Waals surface area contributed by atoms with Crippen LogP contribution in [0.2, 0.25) is 0 Å². The van der Waals surface area contributed by atoms with Crippen LogP contribution in [0.15, 0.2) is 24.3 Å². The van der Waals surface area contributed by atoms with Crippen LogP contribution < -0.4 is 0 Å². The summed E-state index contributed by atoms with van der Waals surface area (Å²) in [5, 5.41) is 8.72. The highest BCUT2D eigenvalue weighted by molar-refractivity contribution is 5.81. The van der Waals surface area contributed by atoms with Crippen molar-refractivity contribution in [1.29, 1.82) is 0 Å². The number of halogens is 3. The van der Waals surface area contributed by atoms with Gasteiger partial charge in [-0.25, -0.2) is 0 Å². The lowest BCUT2D eigenvalue weighted by Crippen LogP contribution is -2.35. The number of carbonyl (C=O) groups is 2. The van der Waals surface area contributed by atoms with Crippen LogP contribution in [0.5, 0.6) is 0 Å². The first-order valence-corrected chi connectivity index (χ1v) is 6.81. The molecule has 0 heterocycles. The number of hydrogen-bond acceptors (Lipinski definition) is 2. The highest BCUT2D eigenvalue weighted by Gasteiger charge is 2.30. The topological polar surface area (TPSA) is 57.6 Å². The Hall–Kier alpha value is -2.05. The van der Waals surface area contributed by atoms with Gasteiger partial charge in [-0.1, -0.05) is 19.1 Å². The molecule has 0 aliphatic carbocycles. The highest BCUT2D eigenvalue weighted by Crippen LogP contribution is 2.30. The van der Waals surface area contributed by atoms with Crippen LogP contribution in [0.3, 0.4) is 0 Å². The molecule has 0 fully saturated rings. The summed E-state index contributed by atoms with van der Waals surface area (Å²) >= 11 is 0. The Labute approximate surface area is 126 Å². The van der Waals surface area contributed by atoms with Gasteiger partial charge in [-0.2, -0.15) is 13.2 Å². The first-order chi connectivity index (χ1) is 10.1. The van der Waals surface area contributed by atoms with E-state index in [1.807, 2.05) is 0 Å². The number of hydrogen-bond donors (Lipinski definition) is 1. The van der Waals surface area contributed by atoms with Crippen molar-refractivity contribution in [3.63, 3.8) is 0 Å². The smallest absolute Gasteiger partial charge is 0.416 e. The van der Waals surface area contributed by atoms with Crippen molar-refractivity contribution < 1.29 is 27.9 Å². The van der Waals surface area contributed by atoms with E-state index >= 15 is 0 Å². The Balaban J connectivity index is 2.74. The number of benzene rings is 1. The molecule has 0 aliphatic heterocycles. The first kappa shape index (κ1) is 18.0. The van der Waals surface area contributed by atoms with Crippen LogP contribution in [0.4, 0.5) is 13.2 Å². The van der Waals surface area contributed by atoms with Crippen molar-refractivity contribution in [2.75, 3.05) is 13.1 Å². The normalized spacial score (nSPS) is 12.8. The summed E-state index contributed by atoms with van der Waals surface area (Å²) in [6.07, 6.45) is -4.34. The molecular weight excluding hydrogens is 299 g/mol. The maximum atomic E-state index is 12.5. The fourth-order valence-corrected chi connectivity index (χ4v) is 2.05. The molecule has 1 aromatic rings. The van der Waals surface area contributed by atoms with Gasteiger partial charge < -0.3 is 10.0 Å². The van der Waals surface area contributed by atoms with Gasteiger partial charge in [-0.15, -0.1) is 0 Å². The van der Waals surface area contributed by atoms with Gasteiger partial charge in [0.2, 0.25) is 5.91 Å². The van der Waals surface area contributed by atoms with Crippen LogP contribution in [0, 0.1) is 0 Å². The second-order valence-corrected chi connectivity index (χ2v) is 5.03. The van der Waals surface area contributed by atoms with Gasteiger partial charge in [0.05, 0.1) is 5.56 Å². The number of alkyl halides is 3. The van der Waals surface area contributed by atoms with Crippen molar-refractivity contribution in [2.45, 2.75) is 32.4 Å². The van der Waals surface area contributed by atoms with E-state index in [0.29, 0.717) is 5.56 Å². The number of carboxylic acid groups (broad SMARTS) is 1. The average Bonchev–Trinajstić information content (AvgIpc) is 2.43. The zero-order valence-electron chi connectivity index (χ0n) is 12.4.